The Morgan fingerprint density at radius 1 is 1.00 bits per heavy atom. The van der Waals surface area contributed by atoms with Gasteiger partial charge in [0.05, 0.1) is 12.1 Å². The Labute approximate surface area is 125 Å². The Balaban J connectivity index is 2.04. The molecule has 2 aromatic carbocycles. The van der Waals surface area contributed by atoms with Crippen LogP contribution in [0.4, 0.5) is 0 Å². The van der Waals surface area contributed by atoms with Gasteiger partial charge in [0.25, 0.3) is 0 Å². The first-order valence-electron chi connectivity index (χ1n) is 7.33. The minimum absolute atomic E-state index is 0.0253. The molecule has 0 saturated carbocycles. The van der Waals surface area contributed by atoms with Gasteiger partial charge in [0, 0.05) is 0 Å². The Morgan fingerprint density at radius 2 is 1.48 bits per heavy atom. The summed E-state index contributed by atoms with van der Waals surface area (Å²) in [6.07, 6.45) is 0. The second-order valence-electron chi connectivity index (χ2n) is 5.90. The highest BCUT2D eigenvalue weighted by Crippen LogP contribution is 2.43. The molecule has 1 atom stereocenters. The van der Waals surface area contributed by atoms with Crippen molar-refractivity contribution >= 4 is 5.91 Å². The van der Waals surface area contributed by atoms with E-state index in [2.05, 4.69) is 29.6 Å². The molecule has 0 aromatic heterocycles. The van der Waals surface area contributed by atoms with E-state index in [0.717, 1.165) is 0 Å². The average Bonchev–Trinajstić information content (AvgIpc) is 2.78. The van der Waals surface area contributed by atoms with Gasteiger partial charge < -0.3 is 5.73 Å². The van der Waals surface area contributed by atoms with Crippen LogP contribution in [0.3, 0.4) is 0 Å². The molecule has 1 aliphatic rings. The van der Waals surface area contributed by atoms with E-state index in [1.165, 1.54) is 22.3 Å². The first-order valence-corrected chi connectivity index (χ1v) is 7.33. The lowest BCUT2D eigenvalue weighted by atomic mass is 9.99. The fourth-order valence-electron chi connectivity index (χ4n) is 3.12. The highest BCUT2D eigenvalue weighted by atomic mass is 16.1. The number of fused-ring (bicyclic) bond motifs is 3. The van der Waals surface area contributed by atoms with Crippen molar-refractivity contribution in [3.8, 4) is 11.1 Å². The maximum Gasteiger partial charge on any atom is 0.234 e. The van der Waals surface area contributed by atoms with Gasteiger partial charge in [-0.05, 0) is 28.2 Å². The molecule has 0 bridgehead atoms. The Morgan fingerprint density at radius 3 is 1.90 bits per heavy atom. The second kappa shape index (κ2) is 5.34. The third-order valence-corrected chi connectivity index (χ3v) is 4.15. The quantitative estimate of drug-likeness (QED) is 0.905. The van der Waals surface area contributed by atoms with Crippen LogP contribution in [0.1, 0.15) is 31.0 Å². The predicted octanol–water partition coefficient (Wildman–Crippen LogP) is 2.86. The molecule has 21 heavy (non-hydrogen) atoms. The van der Waals surface area contributed by atoms with Crippen molar-refractivity contribution < 1.29 is 4.79 Å². The minimum atomic E-state index is -0.339. The Kier molecular flexibility index (Phi) is 3.52. The smallest absolute Gasteiger partial charge is 0.234 e. The van der Waals surface area contributed by atoms with E-state index >= 15 is 0 Å². The maximum atomic E-state index is 11.7. The number of amides is 1. The molecule has 0 fully saturated rings. The molecule has 3 heteroatoms. The van der Waals surface area contributed by atoms with Crippen LogP contribution in [0.5, 0.6) is 0 Å². The van der Waals surface area contributed by atoms with Crippen LogP contribution in [-0.2, 0) is 4.79 Å². The van der Waals surface area contributed by atoms with Crippen LogP contribution < -0.4 is 11.1 Å². The summed E-state index contributed by atoms with van der Waals surface area (Å²) in [5, 5.41) is 3.45. The van der Waals surface area contributed by atoms with Crippen molar-refractivity contribution in [3.05, 3.63) is 59.7 Å². The van der Waals surface area contributed by atoms with E-state index in [9.17, 15) is 4.79 Å². The van der Waals surface area contributed by atoms with Gasteiger partial charge in [-0.2, -0.15) is 0 Å². The van der Waals surface area contributed by atoms with Crippen LogP contribution in [0.15, 0.2) is 48.5 Å². The lowest BCUT2D eigenvalue weighted by Crippen LogP contribution is -2.46. The summed E-state index contributed by atoms with van der Waals surface area (Å²) in [4.78, 5) is 11.7. The van der Waals surface area contributed by atoms with Gasteiger partial charge in [-0.1, -0.05) is 62.4 Å². The average molecular weight is 280 g/mol. The number of carbonyl (C=O) groups is 1. The van der Waals surface area contributed by atoms with E-state index in [-0.39, 0.29) is 23.9 Å². The normalized spacial score (nSPS) is 14.8. The van der Waals surface area contributed by atoms with E-state index in [1.807, 2.05) is 38.1 Å². The maximum absolute atomic E-state index is 11.7. The number of nitrogens with one attached hydrogen (secondary N) is 1. The van der Waals surface area contributed by atoms with Crippen molar-refractivity contribution in [1.82, 2.24) is 5.32 Å². The summed E-state index contributed by atoms with van der Waals surface area (Å²) >= 11 is 0. The number of benzene rings is 2. The zero-order valence-corrected chi connectivity index (χ0v) is 12.3. The molecule has 0 aliphatic heterocycles. The van der Waals surface area contributed by atoms with Gasteiger partial charge in [-0.3, -0.25) is 10.1 Å². The van der Waals surface area contributed by atoms with Crippen LogP contribution >= 0.6 is 0 Å². The molecule has 3 nitrogen and oxygen atoms in total. The summed E-state index contributed by atoms with van der Waals surface area (Å²) in [7, 11) is 0. The molecule has 0 spiro atoms. The molecular formula is C18H20N2O. The highest BCUT2D eigenvalue weighted by molar-refractivity contribution is 5.82. The summed E-state index contributed by atoms with van der Waals surface area (Å²) in [5.74, 6) is -0.144. The lowest BCUT2D eigenvalue weighted by Gasteiger charge is -2.25. The topological polar surface area (TPSA) is 55.1 Å². The number of primary amides is 1. The van der Waals surface area contributed by atoms with E-state index in [1.54, 1.807) is 0 Å². The third kappa shape index (κ3) is 2.34. The third-order valence-electron chi connectivity index (χ3n) is 4.15. The first kappa shape index (κ1) is 13.8. The van der Waals surface area contributed by atoms with Crippen molar-refractivity contribution in [2.45, 2.75) is 25.9 Å². The standard InChI is InChI=1S/C18H20N2O/c1-11(2)16(18(19)21)20-17-14-9-5-3-7-12(14)13-8-4-6-10-15(13)17/h3-11,16-17,20H,1-2H3,(H2,19,21). The van der Waals surface area contributed by atoms with E-state index in [0.29, 0.717) is 0 Å². The molecule has 1 unspecified atom stereocenters. The molecule has 2 aromatic rings. The van der Waals surface area contributed by atoms with Crippen LogP contribution in [0, 0.1) is 5.92 Å². The van der Waals surface area contributed by atoms with Gasteiger partial charge >= 0.3 is 0 Å². The number of hydrogen-bond donors (Lipinski definition) is 2. The molecular weight excluding hydrogens is 260 g/mol. The largest absolute Gasteiger partial charge is 0.368 e. The fourth-order valence-corrected chi connectivity index (χ4v) is 3.12. The fraction of sp³-hybridized carbons (Fsp3) is 0.278. The number of rotatable bonds is 4. The molecule has 3 rings (SSSR count). The van der Waals surface area contributed by atoms with Crippen molar-refractivity contribution in [1.29, 1.82) is 0 Å². The van der Waals surface area contributed by atoms with Crippen LogP contribution in [0.25, 0.3) is 11.1 Å². The Hall–Kier alpha value is -2.13. The monoisotopic (exact) mass is 280 g/mol. The van der Waals surface area contributed by atoms with E-state index in [4.69, 9.17) is 5.73 Å². The number of nitrogens with two attached hydrogens (primary N) is 1. The van der Waals surface area contributed by atoms with Gasteiger partial charge in [0.15, 0.2) is 0 Å². The first-order chi connectivity index (χ1) is 10.1. The molecule has 3 N–H and O–H groups in total. The predicted molar refractivity (Wildman–Crippen MR) is 84.7 cm³/mol. The van der Waals surface area contributed by atoms with E-state index < -0.39 is 0 Å². The number of hydrogen-bond acceptors (Lipinski definition) is 2. The summed E-state index contributed by atoms with van der Waals surface area (Å²) in [5.41, 5.74) is 10.4. The van der Waals surface area contributed by atoms with Gasteiger partial charge in [0.1, 0.15) is 0 Å². The Bertz CT molecular complexity index is 633. The zero-order chi connectivity index (χ0) is 15.0. The lowest BCUT2D eigenvalue weighted by molar-refractivity contribution is -0.121. The minimum Gasteiger partial charge on any atom is -0.368 e. The van der Waals surface area contributed by atoms with Crippen LogP contribution in [0.2, 0.25) is 0 Å². The number of carbonyl (C=O) groups excluding carboxylic acids is 1. The van der Waals surface area contributed by atoms with Gasteiger partial charge in [-0.25, -0.2) is 0 Å². The molecule has 108 valence electrons. The SMILES string of the molecule is CC(C)C(NC1c2ccccc2-c2ccccc21)C(N)=O. The zero-order valence-electron chi connectivity index (χ0n) is 12.3. The highest BCUT2D eigenvalue weighted by Gasteiger charge is 2.31. The second-order valence-corrected chi connectivity index (χ2v) is 5.90. The van der Waals surface area contributed by atoms with Crippen molar-refractivity contribution in [2.75, 3.05) is 0 Å². The summed E-state index contributed by atoms with van der Waals surface area (Å²) in [6, 6.07) is 16.3. The van der Waals surface area contributed by atoms with Crippen LogP contribution in [-0.4, -0.2) is 11.9 Å². The molecule has 0 saturated heterocycles. The molecule has 0 heterocycles. The summed E-state index contributed by atoms with van der Waals surface area (Å²) in [6.45, 7) is 4.02. The van der Waals surface area contributed by atoms with Crippen molar-refractivity contribution in [3.63, 3.8) is 0 Å². The molecule has 0 radical (unpaired) electrons. The van der Waals surface area contributed by atoms with Crippen molar-refractivity contribution in [2.24, 2.45) is 11.7 Å². The molecule has 1 amide bonds. The summed E-state index contributed by atoms with van der Waals surface area (Å²) < 4.78 is 0. The van der Waals surface area contributed by atoms with Gasteiger partial charge in [-0.15, -0.1) is 0 Å². The molecule has 1 aliphatic carbocycles. The van der Waals surface area contributed by atoms with Gasteiger partial charge in [0.2, 0.25) is 5.91 Å².